The third-order valence-corrected chi connectivity index (χ3v) is 6.65. The molecule has 21 heavy (non-hydrogen) atoms. The quantitative estimate of drug-likeness (QED) is 0.747. The zero-order valence-electron chi connectivity index (χ0n) is 12.3. The number of nitrogens with zero attached hydrogens (tertiary/aromatic N) is 1. The summed E-state index contributed by atoms with van der Waals surface area (Å²) in [4.78, 5) is 4.16. The van der Waals surface area contributed by atoms with Crippen LogP contribution in [0.3, 0.4) is 0 Å². The van der Waals surface area contributed by atoms with E-state index in [4.69, 9.17) is 0 Å². The highest BCUT2D eigenvalue weighted by atomic mass is 32.1. The average Bonchev–Trinajstić information content (AvgIpc) is 3.16. The van der Waals surface area contributed by atoms with Gasteiger partial charge in [0.2, 0.25) is 0 Å². The third-order valence-electron chi connectivity index (χ3n) is 5.71. The van der Waals surface area contributed by atoms with Crippen LogP contribution >= 0.6 is 11.3 Å². The second-order valence-electron chi connectivity index (χ2n) is 6.59. The van der Waals surface area contributed by atoms with Crippen LogP contribution in [0.15, 0.2) is 47.4 Å². The molecule has 1 aliphatic carbocycles. The maximum Gasteiger partial charge on any atom is 0.0406 e. The van der Waals surface area contributed by atoms with Crippen molar-refractivity contribution in [3.05, 3.63) is 63.4 Å². The summed E-state index contributed by atoms with van der Waals surface area (Å²) < 4.78 is 0. The molecule has 2 bridgehead atoms. The van der Waals surface area contributed by atoms with Gasteiger partial charge in [0.1, 0.15) is 0 Å². The number of likely N-dealkylation sites (N-methyl/N-ethyl adjacent to an activating group) is 1. The van der Waals surface area contributed by atoms with Crippen molar-refractivity contribution < 1.29 is 0 Å². The number of hydrogen-bond acceptors (Lipinski definition) is 2. The number of hydrogen-bond donors (Lipinski definition) is 0. The van der Waals surface area contributed by atoms with Crippen LogP contribution in [-0.4, -0.2) is 24.0 Å². The maximum absolute atomic E-state index is 2.63. The van der Waals surface area contributed by atoms with Crippen molar-refractivity contribution in [1.82, 2.24) is 4.90 Å². The lowest BCUT2D eigenvalue weighted by molar-refractivity contribution is 0.261. The lowest BCUT2D eigenvalue weighted by Crippen LogP contribution is -2.37. The largest absolute Gasteiger partial charge is 0.296 e. The van der Waals surface area contributed by atoms with Gasteiger partial charge in [-0.05, 0) is 54.5 Å². The van der Waals surface area contributed by atoms with Crippen LogP contribution < -0.4 is 0 Å². The van der Waals surface area contributed by atoms with Gasteiger partial charge in [-0.1, -0.05) is 35.9 Å². The molecule has 1 aromatic heterocycles. The summed E-state index contributed by atoms with van der Waals surface area (Å²) in [6.07, 6.45) is 3.97. The fraction of sp³-hybridized carbons (Fsp3) is 0.368. The lowest BCUT2D eigenvalue weighted by Gasteiger charge is -2.34. The predicted octanol–water partition coefficient (Wildman–Crippen LogP) is 4.51. The average molecular weight is 293 g/mol. The van der Waals surface area contributed by atoms with E-state index < -0.39 is 0 Å². The Kier molecular flexibility index (Phi) is 2.50. The Labute approximate surface area is 129 Å². The first-order chi connectivity index (χ1) is 10.3. The van der Waals surface area contributed by atoms with Gasteiger partial charge in [-0.15, -0.1) is 11.3 Å². The number of fused-ring (bicyclic) bond motifs is 5. The highest BCUT2D eigenvalue weighted by molar-refractivity contribution is 7.10. The molecule has 1 nitrogen and oxygen atoms in total. The molecule has 0 spiro atoms. The normalized spacial score (nSPS) is 30.6. The van der Waals surface area contributed by atoms with E-state index in [2.05, 4.69) is 53.7 Å². The predicted molar refractivity (Wildman–Crippen MR) is 88.7 cm³/mol. The fourth-order valence-electron chi connectivity index (χ4n) is 4.77. The molecular formula is C19H19NS. The lowest BCUT2D eigenvalue weighted by atomic mass is 9.88. The molecule has 5 rings (SSSR count). The van der Waals surface area contributed by atoms with Crippen molar-refractivity contribution in [3.63, 3.8) is 0 Å². The summed E-state index contributed by atoms with van der Waals surface area (Å²) in [5, 5.41) is 2.22. The zero-order chi connectivity index (χ0) is 14.0. The summed E-state index contributed by atoms with van der Waals surface area (Å²) in [7, 11) is 2.33. The minimum absolute atomic E-state index is 0.535. The van der Waals surface area contributed by atoms with Crippen LogP contribution in [-0.2, 0) is 0 Å². The van der Waals surface area contributed by atoms with Gasteiger partial charge in [0.15, 0.2) is 0 Å². The van der Waals surface area contributed by atoms with E-state index in [0.717, 1.165) is 6.04 Å². The van der Waals surface area contributed by atoms with Gasteiger partial charge in [0.05, 0.1) is 0 Å². The van der Waals surface area contributed by atoms with Crippen LogP contribution in [0.5, 0.6) is 0 Å². The minimum atomic E-state index is 0.535. The monoisotopic (exact) mass is 293 g/mol. The Balaban J connectivity index is 1.75. The van der Waals surface area contributed by atoms with Crippen molar-refractivity contribution in [3.8, 4) is 0 Å². The fourth-order valence-corrected chi connectivity index (χ4v) is 5.65. The molecule has 3 unspecified atom stereocenters. The molecule has 0 radical (unpaired) electrons. The Hall–Kier alpha value is -1.38. The van der Waals surface area contributed by atoms with Gasteiger partial charge in [-0.2, -0.15) is 0 Å². The molecular weight excluding hydrogens is 274 g/mol. The first kappa shape index (κ1) is 12.2. The highest BCUT2D eigenvalue weighted by Gasteiger charge is 2.45. The summed E-state index contributed by atoms with van der Waals surface area (Å²) >= 11 is 1.92. The van der Waals surface area contributed by atoms with Crippen LogP contribution in [0, 0.1) is 0 Å². The summed E-state index contributed by atoms with van der Waals surface area (Å²) in [6.45, 7) is 0. The van der Waals surface area contributed by atoms with E-state index in [9.17, 15) is 0 Å². The van der Waals surface area contributed by atoms with Gasteiger partial charge in [-0.25, -0.2) is 0 Å². The molecule has 2 heteroatoms. The molecule has 106 valence electrons. The first-order valence-corrected chi connectivity index (χ1v) is 8.80. The molecule has 0 amide bonds. The van der Waals surface area contributed by atoms with Crippen molar-refractivity contribution in [2.75, 3.05) is 7.05 Å². The Morgan fingerprint density at radius 1 is 1.10 bits per heavy atom. The molecule has 1 aromatic carbocycles. The molecule has 2 aromatic rings. The molecule has 0 saturated carbocycles. The standard InChI is InChI=1S/C19H19NS/c1-20-12-8-9-16(20)18-13-5-2-3-6-14(13)19(15(18)11-12)17-7-4-10-21-17/h2-7,10,12,16,19H,8-9,11H2,1H3. The van der Waals surface area contributed by atoms with Crippen LogP contribution in [0.2, 0.25) is 0 Å². The molecule has 1 fully saturated rings. The topological polar surface area (TPSA) is 3.24 Å². The smallest absolute Gasteiger partial charge is 0.0406 e. The second-order valence-corrected chi connectivity index (χ2v) is 7.57. The molecule has 0 N–H and O–H groups in total. The summed E-state index contributed by atoms with van der Waals surface area (Å²) in [5.74, 6) is 0.535. The SMILES string of the molecule is CN1C2CCC1C1=C(C2)C(c2cccs2)c2ccccc21. The third kappa shape index (κ3) is 1.55. The van der Waals surface area contributed by atoms with Gasteiger partial charge in [0, 0.05) is 22.9 Å². The van der Waals surface area contributed by atoms with Gasteiger partial charge in [0.25, 0.3) is 0 Å². The van der Waals surface area contributed by atoms with E-state index in [1.807, 2.05) is 11.3 Å². The molecule has 3 aliphatic rings. The van der Waals surface area contributed by atoms with E-state index in [-0.39, 0.29) is 0 Å². The van der Waals surface area contributed by atoms with E-state index in [1.54, 1.807) is 16.7 Å². The number of thiophene rings is 1. The molecule has 2 aliphatic heterocycles. The van der Waals surface area contributed by atoms with Gasteiger partial charge >= 0.3 is 0 Å². The van der Waals surface area contributed by atoms with Crippen molar-refractivity contribution in [2.24, 2.45) is 0 Å². The molecule has 1 saturated heterocycles. The number of rotatable bonds is 1. The van der Waals surface area contributed by atoms with Crippen molar-refractivity contribution in [1.29, 1.82) is 0 Å². The van der Waals surface area contributed by atoms with Crippen molar-refractivity contribution in [2.45, 2.75) is 37.3 Å². The van der Waals surface area contributed by atoms with E-state index in [1.165, 1.54) is 29.7 Å². The van der Waals surface area contributed by atoms with Crippen LogP contribution in [0.1, 0.15) is 41.2 Å². The van der Waals surface area contributed by atoms with Gasteiger partial charge < -0.3 is 0 Å². The Bertz CT molecular complexity index is 728. The summed E-state index contributed by atoms with van der Waals surface area (Å²) in [6, 6.07) is 15.1. The van der Waals surface area contributed by atoms with Crippen molar-refractivity contribution >= 4 is 16.9 Å². The first-order valence-electron chi connectivity index (χ1n) is 7.92. The molecule has 3 atom stereocenters. The second kappa shape index (κ2) is 4.31. The van der Waals surface area contributed by atoms with E-state index >= 15 is 0 Å². The highest BCUT2D eigenvalue weighted by Crippen LogP contribution is 2.55. The number of benzene rings is 1. The maximum atomic E-state index is 2.63. The van der Waals surface area contributed by atoms with Gasteiger partial charge in [-0.3, -0.25) is 4.90 Å². The Morgan fingerprint density at radius 3 is 2.86 bits per heavy atom. The molecule has 3 heterocycles. The van der Waals surface area contributed by atoms with Crippen LogP contribution in [0.25, 0.3) is 5.57 Å². The minimum Gasteiger partial charge on any atom is -0.296 e. The van der Waals surface area contributed by atoms with Crippen LogP contribution in [0.4, 0.5) is 0 Å². The zero-order valence-corrected chi connectivity index (χ0v) is 13.1. The Morgan fingerprint density at radius 2 is 2.00 bits per heavy atom. The summed E-state index contributed by atoms with van der Waals surface area (Å²) in [5.41, 5.74) is 6.47. The van der Waals surface area contributed by atoms with E-state index in [0.29, 0.717) is 12.0 Å².